The maximum absolute atomic E-state index is 14.1. The molecule has 9 heteroatoms. The Labute approximate surface area is 178 Å². The number of likely N-dealkylation sites (N-methyl/N-ethyl adjacent to an activating group) is 1. The molecule has 0 aliphatic heterocycles. The molecule has 0 radical (unpaired) electrons. The number of hydrogen-bond acceptors (Lipinski definition) is 5. The van der Waals surface area contributed by atoms with Gasteiger partial charge in [-0.2, -0.15) is 0 Å². The number of aromatic nitrogens is 3. The van der Waals surface area contributed by atoms with Crippen LogP contribution in [0.1, 0.15) is 16.2 Å². The quantitative estimate of drug-likeness (QED) is 0.477. The van der Waals surface area contributed by atoms with E-state index in [-0.39, 0.29) is 24.1 Å². The van der Waals surface area contributed by atoms with Gasteiger partial charge in [0.15, 0.2) is 5.13 Å². The van der Waals surface area contributed by atoms with Crippen molar-refractivity contribution in [3.8, 4) is 0 Å². The molecule has 0 N–H and O–H groups in total. The zero-order valence-corrected chi connectivity index (χ0v) is 17.9. The van der Waals surface area contributed by atoms with E-state index in [9.17, 15) is 9.18 Å². The maximum atomic E-state index is 14.1. The van der Waals surface area contributed by atoms with E-state index in [1.807, 2.05) is 56.4 Å². The van der Waals surface area contributed by atoms with Crippen molar-refractivity contribution in [2.75, 3.05) is 32.1 Å². The van der Waals surface area contributed by atoms with Crippen LogP contribution in [0.3, 0.4) is 0 Å². The Bertz CT molecular complexity index is 1170. The topological polar surface area (TPSA) is 53.7 Å². The number of halogens is 2. The summed E-state index contributed by atoms with van der Waals surface area (Å²) in [7, 11) is 3.89. The molecule has 0 aliphatic rings. The Morgan fingerprint density at radius 3 is 2.66 bits per heavy atom. The molecule has 0 atom stereocenters. The van der Waals surface area contributed by atoms with Crippen molar-refractivity contribution in [1.82, 2.24) is 19.3 Å². The molecule has 0 spiro atoms. The zero-order chi connectivity index (χ0) is 19.8. The number of rotatable bonds is 5. The van der Waals surface area contributed by atoms with Crippen LogP contribution in [0, 0.1) is 12.7 Å². The van der Waals surface area contributed by atoms with Gasteiger partial charge in [0.05, 0.1) is 10.4 Å². The first-order valence-electron chi connectivity index (χ1n) is 8.91. The predicted octanol–water partition coefficient (Wildman–Crippen LogP) is 4.02. The van der Waals surface area contributed by atoms with Gasteiger partial charge in [-0.3, -0.25) is 14.1 Å². The second-order valence-corrected chi connectivity index (χ2v) is 7.83. The summed E-state index contributed by atoms with van der Waals surface area (Å²) < 4.78 is 16.6. The number of thiazole rings is 1. The molecule has 0 saturated heterocycles. The molecule has 1 amide bonds. The van der Waals surface area contributed by atoms with Gasteiger partial charge in [0.2, 0.25) is 0 Å². The predicted molar refractivity (Wildman–Crippen MR) is 117 cm³/mol. The lowest BCUT2D eigenvalue weighted by molar-refractivity contribution is 0.0979. The minimum atomic E-state index is -0.383. The highest BCUT2D eigenvalue weighted by molar-refractivity contribution is 7.22. The lowest BCUT2D eigenvalue weighted by Crippen LogP contribution is -2.37. The SMILES string of the molecule is Cc1nc2ccccn2c1C(=O)N(CCN(C)C)c1nc2c(F)cccc2s1.Cl. The number of amides is 1. The van der Waals surface area contributed by atoms with E-state index in [4.69, 9.17) is 0 Å². The van der Waals surface area contributed by atoms with Gasteiger partial charge in [-0.15, -0.1) is 12.4 Å². The first kappa shape index (κ1) is 21.2. The monoisotopic (exact) mass is 433 g/mol. The largest absolute Gasteiger partial charge is 0.308 e. The Hall–Kier alpha value is -2.55. The standard InChI is InChI=1S/C20H20FN5OS.ClH/c1-13-18(25-10-5-4-9-16(25)22-13)19(27)26(12-11-24(2)3)20-23-17-14(21)7-6-8-15(17)28-20;/h4-10H,11-12H2,1-3H3;1H. The van der Waals surface area contributed by atoms with Gasteiger partial charge in [0, 0.05) is 19.3 Å². The van der Waals surface area contributed by atoms with E-state index in [1.54, 1.807) is 15.4 Å². The van der Waals surface area contributed by atoms with Crippen molar-refractivity contribution in [3.63, 3.8) is 0 Å². The minimum absolute atomic E-state index is 0. The van der Waals surface area contributed by atoms with Gasteiger partial charge in [0.25, 0.3) is 5.91 Å². The summed E-state index contributed by atoms with van der Waals surface area (Å²) in [5.41, 5.74) is 2.15. The first-order chi connectivity index (χ1) is 13.5. The molecule has 6 nitrogen and oxygen atoms in total. The number of imidazole rings is 1. The molecule has 0 aliphatic carbocycles. The van der Waals surface area contributed by atoms with Crippen molar-refractivity contribution in [1.29, 1.82) is 0 Å². The van der Waals surface area contributed by atoms with Gasteiger partial charge >= 0.3 is 0 Å². The number of hydrogen-bond donors (Lipinski definition) is 0. The Kier molecular flexibility index (Phi) is 6.16. The Morgan fingerprint density at radius 1 is 1.14 bits per heavy atom. The molecule has 29 heavy (non-hydrogen) atoms. The molecular formula is C20H21ClFN5OS. The van der Waals surface area contributed by atoms with Crippen LogP contribution < -0.4 is 4.90 Å². The van der Waals surface area contributed by atoms with E-state index < -0.39 is 0 Å². The van der Waals surface area contributed by atoms with Crippen LogP contribution in [0.5, 0.6) is 0 Å². The molecule has 152 valence electrons. The number of anilines is 1. The lowest BCUT2D eigenvalue weighted by atomic mass is 10.3. The van der Waals surface area contributed by atoms with E-state index in [0.717, 1.165) is 0 Å². The van der Waals surface area contributed by atoms with Gasteiger partial charge in [-0.05, 0) is 45.3 Å². The fraction of sp³-hybridized carbons (Fsp3) is 0.250. The van der Waals surface area contributed by atoms with E-state index in [1.165, 1.54) is 17.4 Å². The van der Waals surface area contributed by atoms with E-state index in [2.05, 4.69) is 9.97 Å². The van der Waals surface area contributed by atoms with Crippen molar-refractivity contribution >= 4 is 50.6 Å². The highest BCUT2D eigenvalue weighted by atomic mass is 35.5. The highest BCUT2D eigenvalue weighted by Gasteiger charge is 2.26. The second kappa shape index (κ2) is 8.44. The molecule has 4 rings (SSSR count). The summed E-state index contributed by atoms with van der Waals surface area (Å²) >= 11 is 1.31. The third kappa shape index (κ3) is 3.96. The smallest absolute Gasteiger partial charge is 0.279 e. The number of carbonyl (C=O) groups is 1. The Balaban J connectivity index is 0.00000240. The van der Waals surface area contributed by atoms with Crippen molar-refractivity contribution in [2.24, 2.45) is 0 Å². The van der Waals surface area contributed by atoms with Crippen LogP contribution in [0.15, 0.2) is 42.6 Å². The lowest BCUT2D eigenvalue weighted by Gasteiger charge is -2.22. The molecule has 4 aromatic rings. The van der Waals surface area contributed by atoms with Crippen LogP contribution in [0.25, 0.3) is 15.9 Å². The maximum Gasteiger partial charge on any atom is 0.279 e. The number of nitrogens with zero attached hydrogens (tertiary/aromatic N) is 5. The van der Waals surface area contributed by atoms with Crippen molar-refractivity contribution in [3.05, 3.63) is 59.8 Å². The number of aryl methyl sites for hydroxylation is 1. The minimum Gasteiger partial charge on any atom is -0.308 e. The number of pyridine rings is 1. The normalized spacial score (nSPS) is 11.2. The Morgan fingerprint density at radius 2 is 1.93 bits per heavy atom. The fourth-order valence-electron chi connectivity index (χ4n) is 3.10. The van der Waals surface area contributed by atoms with Crippen LogP contribution >= 0.6 is 23.7 Å². The number of para-hydroxylation sites is 1. The summed E-state index contributed by atoms with van der Waals surface area (Å²) in [6, 6.07) is 10.5. The van der Waals surface area contributed by atoms with Gasteiger partial charge in [-0.1, -0.05) is 23.5 Å². The fourth-order valence-corrected chi connectivity index (χ4v) is 4.11. The summed E-state index contributed by atoms with van der Waals surface area (Å²) in [6.07, 6.45) is 1.82. The summed E-state index contributed by atoms with van der Waals surface area (Å²) in [6.45, 7) is 2.91. The summed E-state index contributed by atoms with van der Waals surface area (Å²) in [5, 5.41) is 0.484. The molecular weight excluding hydrogens is 413 g/mol. The molecule has 0 bridgehead atoms. The molecule has 0 fully saturated rings. The van der Waals surface area contributed by atoms with Gasteiger partial charge in [0.1, 0.15) is 22.7 Å². The van der Waals surface area contributed by atoms with Crippen molar-refractivity contribution < 1.29 is 9.18 Å². The average molecular weight is 434 g/mol. The van der Waals surface area contributed by atoms with Crippen LogP contribution in [0.2, 0.25) is 0 Å². The summed E-state index contributed by atoms with van der Waals surface area (Å²) in [5.74, 6) is -0.580. The molecule has 0 unspecified atom stereocenters. The molecule has 1 aromatic carbocycles. The average Bonchev–Trinajstić information content (AvgIpc) is 3.22. The summed E-state index contributed by atoms with van der Waals surface area (Å²) in [4.78, 5) is 26.1. The second-order valence-electron chi connectivity index (χ2n) is 6.82. The molecule has 0 saturated carbocycles. The van der Waals surface area contributed by atoms with Crippen LogP contribution in [0.4, 0.5) is 9.52 Å². The molecule has 3 aromatic heterocycles. The first-order valence-corrected chi connectivity index (χ1v) is 9.72. The van der Waals surface area contributed by atoms with Crippen molar-refractivity contribution in [2.45, 2.75) is 6.92 Å². The highest BCUT2D eigenvalue weighted by Crippen LogP contribution is 2.31. The zero-order valence-electron chi connectivity index (χ0n) is 16.3. The van der Waals surface area contributed by atoms with Gasteiger partial charge < -0.3 is 4.90 Å². The van der Waals surface area contributed by atoms with Crippen LogP contribution in [-0.2, 0) is 0 Å². The number of fused-ring (bicyclic) bond motifs is 2. The number of carbonyl (C=O) groups excluding carboxylic acids is 1. The number of benzene rings is 1. The third-order valence-electron chi connectivity index (χ3n) is 4.51. The van der Waals surface area contributed by atoms with E-state index >= 15 is 0 Å². The third-order valence-corrected chi connectivity index (χ3v) is 5.56. The van der Waals surface area contributed by atoms with Crippen LogP contribution in [-0.4, -0.2) is 52.4 Å². The van der Waals surface area contributed by atoms with Gasteiger partial charge in [-0.25, -0.2) is 14.4 Å². The molecule has 3 heterocycles. The van der Waals surface area contributed by atoms with E-state index in [0.29, 0.717) is 45.5 Å².